The van der Waals surface area contributed by atoms with Crippen LogP contribution in [0, 0.1) is 5.41 Å². The van der Waals surface area contributed by atoms with E-state index in [1.54, 1.807) is 17.4 Å². The Morgan fingerprint density at radius 1 is 1.14 bits per heavy atom. The molecule has 0 unspecified atom stereocenters. The summed E-state index contributed by atoms with van der Waals surface area (Å²) in [5.74, 6) is 0.282. The minimum absolute atomic E-state index is 0.327. The molecule has 1 amide bonds. The molecule has 2 aliphatic heterocycles. The Labute approximate surface area is 264 Å². The summed E-state index contributed by atoms with van der Waals surface area (Å²) in [5, 5.41) is 7.46. The van der Waals surface area contributed by atoms with Gasteiger partial charge in [-0.2, -0.15) is 0 Å². The molecule has 9 nitrogen and oxygen atoms in total. The number of nitrogens with one attached hydrogen (secondary N) is 1. The summed E-state index contributed by atoms with van der Waals surface area (Å²) in [6.45, 7) is 12.3. The Bertz CT molecular complexity index is 1400. The average Bonchev–Trinajstić information content (AvgIpc) is 3.62. The average molecular weight is 652 g/mol. The van der Waals surface area contributed by atoms with Crippen LogP contribution in [0.1, 0.15) is 44.0 Å². The van der Waals surface area contributed by atoms with E-state index in [1.165, 1.54) is 17.5 Å². The number of aldehydes is 1. The van der Waals surface area contributed by atoms with Gasteiger partial charge in [0.25, 0.3) is 5.91 Å². The summed E-state index contributed by atoms with van der Waals surface area (Å²) >= 11 is 15.9. The van der Waals surface area contributed by atoms with Crippen molar-refractivity contribution < 1.29 is 14.3 Å². The zero-order chi connectivity index (χ0) is 29.9. The molecule has 5 heterocycles. The second-order valence-corrected chi connectivity index (χ2v) is 13.7. The third kappa shape index (κ3) is 6.92. The molecule has 3 aromatic rings. The van der Waals surface area contributed by atoms with Crippen LogP contribution in [0.25, 0.3) is 10.6 Å². The molecule has 13 heteroatoms. The van der Waals surface area contributed by atoms with Gasteiger partial charge >= 0.3 is 0 Å². The van der Waals surface area contributed by atoms with E-state index < -0.39 is 5.41 Å². The first-order chi connectivity index (χ1) is 20.2. The van der Waals surface area contributed by atoms with Crippen molar-refractivity contribution in [3.05, 3.63) is 39.3 Å². The number of piperazine rings is 1. The molecule has 0 saturated carbocycles. The van der Waals surface area contributed by atoms with Gasteiger partial charge in [0, 0.05) is 63.5 Å². The molecule has 0 aliphatic carbocycles. The molecule has 42 heavy (non-hydrogen) atoms. The van der Waals surface area contributed by atoms with Crippen molar-refractivity contribution in [3.63, 3.8) is 0 Å². The van der Waals surface area contributed by atoms with Crippen LogP contribution in [0.4, 0.5) is 16.0 Å². The fraction of sp³-hybridized carbons (Fsp3) is 0.517. The zero-order valence-corrected chi connectivity index (χ0v) is 27.2. The van der Waals surface area contributed by atoms with Gasteiger partial charge in [-0.15, -0.1) is 11.3 Å². The normalized spacial score (nSPS) is 17.6. The second-order valence-electron chi connectivity index (χ2n) is 11.0. The van der Waals surface area contributed by atoms with E-state index in [9.17, 15) is 9.59 Å². The highest BCUT2D eigenvalue weighted by Crippen LogP contribution is 2.42. The van der Waals surface area contributed by atoms with Crippen molar-refractivity contribution in [3.8, 4) is 10.6 Å². The molecule has 0 bridgehead atoms. The van der Waals surface area contributed by atoms with E-state index in [2.05, 4.69) is 38.8 Å². The van der Waals surface area contributed by atoms with E-state index in [-0.39, 0.29) is 5.91 Å². The number of halogens is 2. The Balaban J connectivity index is 1.29. The van der Waals surface area contributed by atoms with Crippen LogP contribution < -0.4 is 15.1 Å². The van der Waals surface area contributed by atoms with E-state index in [1.807, 2.05) is 18.4 Å². The Kier molecular flexibility index (Phi) is 10.1. The van der Waals surface area contributed by atoms with Gasteiger partial charge in [-0.05, 0) is 45.7 Å². The molecule has 1 N–H and O–H groups in total. The van der Waals surface area contributed by atoms with Gasteiger partial charge in [-0.3, -0.25) is 15.0 Å². The lowest BCUT2D eigenvalue weighted by Gasteiger charge is -2.38. The molecule has 3 aromatic heterocycles. The maximum atomic E-state index is 13.3. The van der Waals surface area contributed by atoms with Crippen molar-refractivity contribution in [2.45, 2.75) is 39.7 Å². The third-order valence-corrected chi connectivity index (χ3v) is 10.5. The summed E-state index contributed by atoms with van der Waals surface area (Å²) < 4.78 is 5.55. The second kappa shape index (κ2) is 13.6. The largest absolute Gasteiger partial charge is 0.381 e. The lowest BCUT2D eigenvalue weighted by Crippen LogP contribution is -2.48. The van der Waals surface area contributed by atoms with Gasteiger partial charge in [0.1, 0.15) is 22.8 Å². The summed E-state index contributed by atoms with van der Waals surface area (Å²) in [7, 11) is 0. The van der Waals surface area contributed by atoms with Crippen molar-refractivity contribution in [1.82, 2.24) is 14.9 Å². The summed E-state index contributed by atoms with van der Waals surface area (Å²) in [5.41, 5.74) is 0.709. The molecule has 0 radical (unpaired) electrons. The fourth-order valence-electron chi connectivity index (χ4n) is 5.34. The van der Waals surface area contributed by atoms with Crippen LogP contribution in [0.5, 0.6) is 0 Å². The molecule has 2 aliphatic rings. The first-order valence-corrected chi connectivity index (χ1v) is 16.7. The van der Waals surface area contributed by atoms with Gasteiger partial charge in [0.2, 0.25) is 0 Å². The van der Waals surface area contributed by atoms with Crippen molar-refractivity contribution >= 4 is 74.0 Å². The van der Waals surface area contributed by atoms with Crippen LogP contribution >= 0.6 is 45.9 Å². The number of nitrogens with zero attached hydrogens (tertiary/aromatic N) is 5. The highest BCUT2D eigenvalue weighted by molar-refractivity contribution is 7.21. The molecule has 2 saturated heterocycles. The van der Waals surface area contributed by atoms with Crippen molar-refractivity contribution in [2.75, 3.05) is 67.6 Å². The Hall–Kier alpha value is -2.28. The van der Waals surface area contributed by atoms with E-state index in [0.717, 1.165) is 48.0 Å². The van der Waals surface area contributed by atoms with Gasteiger partial charge in [0.15, 0.2) is 5.13 Å². The molecular weight excluding hydrogens is 615 g/mol. The standard InChI is InChI=1S/C29H36Cl2N6O3S2/c1-4-40-18-29(17-38)5-7-36(8-6-29)25-22(31)13-20(15-32-25)26(39)34-28-33-24(23-14-21(30)16-41-23)27(42-28)37-11-9-35(10-12-37)19(2)3/h13-17,19H,4-12,18H2,1-3H3,(H,33,34,39). The summed E-state index contributed by atoms with van der Waals surface area (Å²) in [4.78, 5) is 42.3. The fourth-order valence-corrected chi connectivity index (χ4v) is 7.78. The number of piperidine rings is 1. The molecule has 5 rings (SSSR count). The highest BCUT2D eigenvalue weighted by atomic mass is 35.5. The monoisotopic (exact) mass is 650 g/mol. The molecular formula is C29H36Cl2N6O3S2. The number of hydrogen-bond acceptors (Lipinski definition) is 10. The number of aromatic nitrogens is 2. The first-order valence-electron chi connectivity index (χ1n) is 14.2. The summed E-state index contributed by atoms with van der Waals surface area (Å²) in [6.07, 6.45) is 3.88. The maximum absolute atomic E-state index is 13.3. The van der Waals surface area contributed by atoms with Crippen molar-refractivity contribution in [2.24, 2.45) is 5.41 Å². The minimum atomic E-state index is -0.472. The number of thiazole rings is 1. The SMILES string of the molecule is CCOCC1(C=O)CCN(c2ncc(C(=O)Nc3nc(-c4cc(Cl)cs4)c(N4CCN(C(C)C)CC4)s3)cc2Cl)CC1. The number of carbonyl (C=O) groups excluding carboxylic acids is 2. The molecule has 0 atom stereocenters. The van der Waals surface area contributed by atoms with Crippen LogP contribution in [-0.4, -0.2) is 85.6 Å². The zero-order valence-electron chi connectivity index (χ0n) is 24.1. The Morgan fingerprint density at radius 3 is 2.48 bits per heavy atom. The Morgan fingerprint density at radius 2 is 1.88 bits per heavy atom. The van der Waals surface area contributed by atoms with Crippen LogP contribution in [0.15, 0.2) is 23.7 Å². The molecule has 0 spiro atoms. The lowest BCUT2D eigenvalue weighted by atomic mass is 9.80. The van der Waals surface area contributed by atoms with Gasteiger partial charge in [-0.1, -0.05) is 34.5 Å². The predicted molar refractivity (Wildman–Crippen MR) is 173 cm³/mol. The lowest BCUT2D eigenvalue weighted by molar-refractivity contribution is -0.121. The van der Waals surface area contributed by atoms with E-state index >= 15 is 0 Å². The van der Waals surface area contributed by atoms with Crippen LogP contribution in [-0.2, 0) is 9.53 Å². The van der Waals surface area contributed by atoms with E-state index in [0.29, 0.717) is 71.7 Å². The number of amides is 1. The molecule has 2 fully saturated rings. The smallest absolute Gasteiger partial charge is 0.259 e. The number of pyridine rings is 1. The van der Waals surface area contributed by atoms with Gasteiger partial charge < -0.3 is 19.3 Å². The van der Waals surface area contributed by atoms with Gasteiger partial charge in [-0.25, -0.2) is 9.97 Å². The highest BCUT2D eigenvalue weighted by Gasteiger charge is 2.35. The first kappa shape index (κ1) is 31.2. The summed E-state index contributed by atoms with van der Waals surface area (Å²) in [6, 6.07) is 4.06. The number of ether oxygens (including phenoxy) is 1. The number of anilines is 3. The van der Waals surface area contributed by atoms with Crippen LogP contribution in [0.3, 0.4) is 0 Å². The van der Waals surface area contributed by atoms with Crippen LogP contribution in [0.2, 0.25) is 10.0 Å². The maximum Gasteiger partial charge on any atom is 0.259 e. The molecule has 226 valence electrons. The topological polar surface area (TPSA) is 90.9 Å². The third-order valence-electron chi connectivity index (χ3n) is 7.95. The number of rotatable bonds is 10. The minimum Gasteiger partial charge on any atom is -0.381 e. The van der Waals surface area contributed by atoms with Gasteiger partial charge in [0.05, 0.1) is 32.5 Å². The number of thiophene rings is 1. The number of hydrogen-bond donors (Lipinski definition) is 1. The quantitative estimate of drug-likeness (QED) is 0.260. The number of carbonyl (C=O) groups is 2. The van der Waals surface area contributed by atoms with Crippen molar-refractivity contribution in [1.29, 1.82) is 0 Å². The predicted octanol–water partition coefficient (Wildman–Crippen LogP) is 6.18. The van der Waals surface area contributed by atoms with E-state index in [4.69, 9.17) is 32.9 Å². The molecule has 0 aromatic carbocycles.